The smallest absolute Gasteiger partial charge is 0.291 e. The van der Waals surface area contributed by atoms with Crippen molar-refractivity contribution in [2.45, 2.75) is 19.9 Å². The highest BCUT2D eigenvalue weighted by Crippen LogP contribution is 2.27. The van der Waals surface area contributed by atoms with Gasteiger partial charge in [-0.15, -0.1) is 0 Å². The molecule has 0 spiro atoms. The summed E-state index contributed by atoms with van der Waals surface area (Å²) in [5.74, 6) is 0.414. The fraction of sp³-hybridized carbons (Fsp3) is 0.158. The maximum atomic E-state index is 12.7. The zero-order chi connectivity index (χ0) is 18.8. The van der Waals surface area contributed by atoms with Crippen LogP contribution in [0.3, 0.4) is 0 Å². The van der Waals surface area contributed by atoms with Gasteiger partial charge in [-0.05, 0) is 38.1 Å². The number of nitrogens with zero attached hydrogens (tertiary/aromatic N) is 4. The van der Waals surface area contributed by atoms with Crippen LogP contribution in [0.2, 0.25) is 0 Å². The molecule has 0 aliphatic carbocycles. The van der Waals surface area contributed by atoms with Crippen LogP contribution in [0.4, 0.5) is 5.69 Å². The van der Waals surface area contributed by atoms with Gasteiger partial charge in [0.05, 0.1) is 23.1 Å². The quantitative estimate of drug-likeness (QED) is 0.563. The number of anilines is 1. The van der Waals surface area contributed by atoms with Crippen LogP contribution < -0.4 is 5.32 Å². The van der Waals surface area contributed by atoms with Crippen molar-refractivity contribution in [3.8, 4) is 22.7 Å². The van der Waals surface area contributed by atoms with Crippen molar-refractivity contribution >= 4 is 11.6 Å². The van der Waals surface area contributed by atoms with E-state index in [0.29, 0.717) is 22.8 Å². The van der Waals surface area contributed by atoms with Crippen molar-refractivity contribution in [2.24, 2.45) is 0 Å². The molecule has 0 aliphatic heterocycles. The van der Waals surface area contributed by atoms with E-state index in [1.54, 1.807) is 41.6 Å². The second-order valence-electron chi connectivity index (χ2n) is 6.29. The zero-order valence-corrected chi connectivity index (χ0v) is 14.9. The molecule has 0 bridgehead atoms. The highest BCUT2D eigenvalue weighted by Gasteiger charge is 2.19. The molecule has 136 valence electrons. The Bertz CT molecular complexity index is 1050. The van der Waals surface area contributed by atoms with Crippen molar-refractivity contribution < 1.29 is 9.21 Å². The molecule has 4 aromatic heterocycles. The van der Waals surface area contributed by atoms with Crippen molar-refractivity contribution in [3.05, 3.63) is 60.9 Å². The summed E-state index contributed by atoms with van der Waals surface area (Å²) in [7, 11) is 0. The van der Waals surface area contributed by atoms with Gasteiger partial charge in [0.25, 0.3) is 5.91 Å². The first-order valence-corrected chi connectivity index (χ1v) is 8.52. The molecule has 0 saturated carbocycles. The second kappa shape index (κ2) is 6.91. The summed E-state index contributed by atoms with van der Waals surface area (Å²) >= 11 is 0. The fourth-order valence-corrected chi connectivity index (χ4v) is 2.62. The Hall–Kier alpha value is -3.68. The van der Waals surface area contributed by atoms with Gasteiger partial charge in [0.15, 0.2) is 5.76 Å². The van der Waals surface area contributed by atoms with E-state index >= 15 is 0 Å². The number of H-pyrrole nitrogens is 1. The van der Waals surface area contributed by atoms with Crippen LogP contribution in [-0.4, -0.2) is 30.9 Å². The lowest BCUT2D eigenvalue weighted by molar-refractivity contribution is 0.0997. The number of amides is 1. The summed E-state index contributed by atoms with van der Waals surface area (Å²) in [5.41, 5.74) is 2.65. The molecule has 0 fully saturated rings. The summed E-state index contributed by atoms with van der Waals surface area (Å²) in [5, 5.41) is 14.0. The third-order valence-electron chi connectivity index (χ3n) is 4.03. The van der Waals surface area contributed by atoms with E-state index in [2.05, 4.69) is 25.6 Å². The molecule has 0 aliphatic rings. The van der Waals surface area contributed by atoms with E-state index in [4.69, 9.17) is 4.42 Å². The summed E-state index contributed by atoms with van der Waals surface area (Å²) in [6.07, 6.45) is 6.82. The lowest BCUT2D eigenvalue weighted by Crippen LogP contribution is -2.11. The van der Waals surface area contributed by atoms with Gasteiger partial charge in [-0.3, -0.25) is 19.6 Å². The number of aromatic nitrogens is 5. The minimum absolute atomic E-state index is 0.148. The Morgan fingerprint density at radius 1 is 1.26 bits per heavy atom. The molecular formula is C19H18N6O2. The van der Waals surface area contributed by atoms with E-state index in [0.717, 1.165) is 5.56 Å². The first-order valence-electron chi connectivity index (χ1n) is 8.52. The maximum absolute atomic E-state index is 12.7. The van der Waals surface area contributed by atoms with Crippen LogP contribution in [0.25, 0.3) is 22.7 Å². The summed E-state index contributed by atoms with van der Waals surface area (Å²) in [6, 6.07) is 9.08. The van der Waals surface area contributed by atoms with Gasteiger partial charge >= 0.3 is 0 Å². The molecule has 0 radical (unpaired) electrons. The maximum Gasteiger partial charge on any atom is 0.291 e. The number of rotatable bonds is 5. The summed E-state index contributed by atoms with van der Waals surface area (Å²) in [6.45, 7) is 4.04. The molecule has 1 amide bonds. The molecule has 0 saturated heterocycles. The van der Waals surface area contributed by atoms with E-state index in [-0.39, 0.29) is 17.7 Å². The van der Waals surface area contributed by atoms with Gasteiger partial charge in [0, 0.05) is 24.6 Å². The molecule has 0 atom stereocenters. The average molecular weight is 362 g/mol. The van der Waals surface area contributed by atoms with Crippen molar-refractivity contribution in [2.75, 3.05) is 5.32 Å². The lowest BCUT2D eigenvalue weighted by Gasteiger charge is -2.03. The highest BCUT2D eigenvalue weighted by atomic mass is 16.3. The standard InChI is InChI=1S/C19H18N6O2/c1-12(2)25-11-15(18(24-25)14-5-3-4-8-20-14)23-19(26)17-7-6-16(27-17)13-9-21-22-10-13/h3-12H,1-2H3,(H,21,22)(H,23,26). The third kappa shape index (κ3) is 3.37. The molecule has 27 heavy (non-hydrogen) atoms. The third-order valence-corrected chi connectivity index (χ3v) is 4.03. The number of aromatic amines is 1. The van der Waals surface area contributed by atoms with E-state index in [1.807, 2.05) is 32.0 Å². The average Bonchev–Trinajstić information content (AvgIpc) is 3.42. The Balaban J connectivity index is 1.63. The molecule has 4 rings (SSSR count). The van der Waals surface area contributed by atoms with Gasteiger partial charge in [-0.2, -0.15) is 10.2 Å². The van der Waals surface area contributed by atoms with Gasteiger partial charge in [0.1, 0.15) is 11.5 Å². The summed E-state index contributed by atoms with van der Waals surface area (Å²) < 4.78 is 7.44. The number of carbonyl (C=O) groups excluding carboxylic acids is 1. The number of nitrogens with one attached hydrogen (secondary N) is 2. The Morgan fingerprint density at radius 2 is 2.15 bits per heavy atom. The predicted octanol–water partition coefficient (Wildman–Crippen LogP) is 3.76. The van der Waals surface area contributed by atoms with Crippen LogP contribution in [0.1, 0.15) is 30.4 Å². The first-order chi connectivity index (χ1) is 13.1. The van der Waals surface area contributed by atoms with Crippen LogP contribution >= 0.6 is 0 Å². The number of pyridine rings is 1. The normalized spacial score (nSPS) is 11.1. The monoisotopic (exact) mass is 362 g/mol. The van der Waals surface area contributed by atoms with Gasteiger partial charge in [-0.1, -0.05) is 6.07 Å². The van der Waals surface area contributed by atoms with Crippen molar-refractivity contribution in [3.63, 3.8) is 0 Å². The molecule has 2 N–H and O–H groups in total. The predicted molar refractivity (Wildman–Crippen MR) is 100 cm³/mol. The minimum Gasteiger partial charge on any atom is -0.451 e. The van der Waals surface area contributed by atoms with Gasteiger partial charge in [-0.25, -0.2) is 0 Å². The zero-order valence-electron chi connectivity index (χ0n) is 14.9. The molecule has 4 heterocycles. The van der Waals surface area contributed by atoms with Crippen LogP contribution in [0.5, 0.6) is 0 Å². The molecule has 0 aromatic carbocycles. The molecule has 4 aromatic rings. The highest BCUT2D eigenvalue weighted by molar-refractivity contribution is 6.04. The number of hydrogen-bond acceptors (Lipinski definition) is 5. The van der Waals surface area contributed by atoms with Crippen LogP contribution in [0, 0.1) is 0 Å². The second-order valence-corrected chi connectivity index (χ2v) is 6.29. The van der Waals surface area contributed by atoms with Crippen molar-refractivity contribution in [1.29, 1.82) is 0 Å². The lowest BCUT2D eigenvalue weighted by atomic mass is 10.2. The van der Waals surface area contributed by atoms with Crippen LogP contribution in [0.15, 0.2) is 59.5 Å². The fourth-order valence-electron chi connectivity index (χ4n) is 2.62. The number of hydrogen-bond donors (Lipinski definition) is 2. The Labute approximate surface area is 155 Å². The van der Waals surface area contributed by atoms with Crippen LogP contribution in [-0.2, 0) is 0 Å². The first kappa shape index (κ1) is 16.8. The largest absolute Gasteiger partial charge is 0.451 e. The molecule has 8 heteroatoms. The number of carbonyl (C=O) groups is 1. The van der Waals surface area contributed by atoms with E-state index in [9.17, 15) is 4.79 Å². The molecular weight excluding hydrogens is 344 g/mol. The van der Waals surface area contributed by atoms with Gasteiger partial charge in [0.2, 0.25) is 0 Å². The van der Waals surface area contributed by atoms with E-state index in [1.165, 1.54) is 0 Å². The number of furan rings is 1. The van der Waals surface area contributed by atoms with Crippen molar-refractivity contribution in [1.82, 2.24) is 25.0 Å². The molecule has 8 nitrogen and oxygen atoms in total. The Morgan fingerprint density at radius 3 is 2.85 bits per heavy atom. The van der Waals surface area contributed by atoms with Gasteiger partial charge < -0.3 is 9.73 Å². The SMILES string of the molecule is CC(C)n1cc(NC(=O)c2ccc(-c3cn[nH]c3)o2)c(-c2ccccn2)n1. The minimum atomic E-state index is -0.356. The topological polar surface area (TPSA) is 102 Å². The summed E-state index contributed by atoms with van der Waals surface area (Å²) in [4.78, 5) is 17.0. The van der Waals surface area contributed by atoms with E-state index < -0.39 is 0 Å². The molecule has 0 unspecified atom stereocenters. The Kier molecular flexibility index (Phi) is 4.29.